The summed E-state index contributed by atoms with van der Waals surface area (Å²) in [5.74, 6) is -0.417. The van der Waals surface area contributed by atoms with Crippen LogP contribution in [0.4, 0.5) is 11.6 Å². The summed E-state index contributed by atoms with van der Waals surface area (Å²) in [6, 6.07) is 13.0. The molecule has 45 heavy (non-hydrogen) atoms. The first-order chi connectivity index (χ1) is 21.6. The molecule has 5 aromatic rings. The van der Waals surface area contributed by atoms with Crippen LogP contribution >= 0.6 is 0 Å². The van der Waals surface area contributed by atoms with E-state index in [-0.39, 0.29) is 36.1 Å². The molecule has 4 aromatic heterocycles. The number of anilines is 2. The molecule has 0 aliphatic heterocycles. The second-order valence-electron chi connectivity index (χ2n) is 11.8. The number of fused-ring (bicyclic) bond motifs is 2. The third-order valence-corrected chi connectivity index (χ3v) is 7.93. The molecule has 0 saturated heterocycles. The summed E-state index contributed by atoms with van der Waals surface area (Å²) >= 11 is 0. The molecule has 1 unspecified atom stereocenters. The van der Waals surface area contributed by atoms with E-state index in [0.29, 0.717) is 58.2 Å². The van der Waals surface area contributed by atoms with E-state index >= 15 is 0 Å². The maximum Gasteiger partial charge on any atom is 0.264 e. The van der Waals surface area contributed by atoms with Gasteiger partial charge in [0.25, 0.3) is 11.5 Å². The Hall–Kier alpha value is -5.20. The maximum absolute atomic E-state index is 13.9. The Bertz CT molecular complexity index is 1980. The molecule has 0 bridgehead atoms. The summed E-state index contributed by atoms with van der Waals surface area (Å²) in [5, 5.41) is 24.1. The molecule has 12 heteroatoms. The van der Waals surface area contributed by atoms with E-state index in [4.69, 9.17) is 5.73 Å². The van der Waals surface area contributed by atoms with Crippen LogP contribution in [0.2, 0.25) is 0 Å². The highest BCUT2D eigenvalue weighted by atomic mass is 16.3. The first kappa shape index (κ1) is 29.9. The SMILES string of the molecule is CC(C)(O)Cn1cc(-c2ccc(NC(=O)c3cc4c(n(C(CO)c5ccccc5)c3=O)CCCC4=O)nc2)c2c(N)ncnc21. The Kier molecular flexibility index (Phi) is 7.77. The zero-order chi connectivity index (χ0) is 31.9. The molecule has 230 valence electrons. The molecule has 0 spiro atoms. The van der Waals surface area contributed by atoms with Gasteiger partial charge < -0.3 is 30.4 Å². The van der Waals surface area contributed by atoms with E-state index in [0.717, 1.165) is 0 Å². The number of aliphatic hydroxyl groups is 2. The van der Waals surface area contributed by atoms with Crippen LogP contribution in [0, 0.1) is 0 Å². The van der Waals surface area contributed by atoms with Crippen molar-refractivity contribution < 1.29 is 19.8 Å². The highest BCUT2D eigenvalue weighted by Gasteiger charge is 2.29. The van der Waals surface area contributed by atoms with Crippen molar-refractivity contribution in [1.29, 1.82) is 0 Å². The van der Waals surface area contributed by atoms with Crippen LogP contribution in [-0.2, 0) is 13.0 Å². The zero-order valence-corrected chi connectivity index (χ0v) is 24.9. The Labute approximate surface area is 258 Å². The van der Waals surface area contributed by atoms with E-state index in [1.807, 2.05) is 12.3 Å². The number of carbonyl (C=O) groups is 2. The number of hydrogen-bond acceptors (Lipinski definition) is 9. The van der Waals surface area contributed by atoms with Crippen LogP contribution < -0.4 is 16.6 Å². The lowest BCUT2D eigenvalue weighted by Gasteiger charge is -2.27. The third-order valence-electron chi connectivity index (χ3n) is 7.93. The quantitative estimate of drug-likeness (QED) is 0.206. The third kappa shape index (κ3) is 5.73. The topological polar surface area (TPSA) is 178 Å². The molecule has 0 radical (unpaired) electrons. The van der Waals surface area contributed by atoms with Crippen LogP contribution in [0.1, 0.15) is 64.7 Å². The molecule has 1 aliphatic carbocycles. The zero-order valence-electron chi connectivity index (χ0n) is 24.9. The molecule has 1 aromatic carbocycles. The molecule has 5 N–H and O–H groups in total. The van der Waals surface area contributed by atoms with Gasteiger partial charge in [0, 0.05) is 41.2 Å². The molecular weight excluding hydrogens is 574 g/mol. The predicted molar refractivity (Wildman–Crippen MR) is 169 cm³/mol. The number of nitrogen functional groups attached to an aromatic ring is 1. The Balaban J connectivity index is 1.35. The van der Waals surface area contributed by atoms with Crippen molar-refractivity contribution >= 4 is 34.4 Å². The highest BCUT2D eigenvalue weighted by Crippen LogP contribution is 2.33. The molecule has 1 aliphatic rings. The van der Waals surface area contributed by atoms with Crippen molar-refractivity contribution in [3.05, 3.63) is 100.0 Å². The minimum atomic E-state index is -1.01. The van der Waals surface area contributed by atoms with Crippen molar-refractivity contribution in [2.45, 2.75) is 51.3 Å². The van der Waals surface area contributed by atoms with Crippen LogP contribution in [0.15, 0.2) is 72.0 Å². The summed E-state index contributed by atoms with van der Waals surface area (Å²) in [6.45, 7) is 3.27. The molecule has 0 saturated carbocycles. The van der Waals surface area contributed by atoms with Gasteiger partial charge in [-0.25, -0.2) is 15.0 Å². The number of ketones is 1. The summed E-state index contributed by atoms with van der Waals surface area (Å²) in [6.07, 6.45) is 6.10. The highest BCUT2D eigenvalue weighted by molar-refractivity contribution is 6.06. The normalized spacial score (nSPS) is 13.9. The number of nitrogens with two attached hydrogens (primary N) is 1. The standard InChI is InChI=1S/C33H33N7O5/c1-33(2,45)17-39-15-23(28-29(34)36-18-37-30(28)39)20-11-12-27(35-14-20)38-31(43)22-13-21-24(9-6-10-26(21)42)40(32(22)44)25(16-41)19-7-4-3-5-8-19/h3-5,7-8,11-15,18,25,41,45H,6,9-10,16-17H2,1-2H3,(H2,34,36,37)(H,35,38,43). The number of aliphatic hydroxyl groups excluding tert-OH is 1. The summed E-state index contributed by atoms with van der Waals surface area (Å²) in [5.41, 5.74) is 7.83. The number of aromatic nitrogens is 5. The van der Waals surface area contributed by atoms with Crippen molar-refractivity contribution in [3.63, 3.8) is 0 Å². The van der Waals surface area contributed by atoms with Crippen molar-refractivity contribution in [3.8, 4) is 11.1 Å². The fourth-order valence-electron chi connectivity index (χ4n) is 5.94. The van der Waals surface area contributed by atoms with E-state index in [2.05, 4.69) is 20.3 Å². The van der Waals surface area contributed by atoms with Gasteiger partial charge in [0.1, 0.15) is 29.2 Å². The second kappa shape index (κ2) is 11.7. The smallest absolute Gasteiger partial charge is 0.264 e. The molecule has 0 fully saturated rings. The Morgan fingerprint density at radius 2 is 1.84 bits per heavy atom. The lowest BCUT2D eigenvalue weighted by atomic mass is 9.92. The predicted octanol–water partition coefficient (Wildman–Crippen LogP) is 3.36. The van der Waals surface area contributed by atoms with Gasteiger partial charge in [0.15, 0.2) is 5.78 Å². The monoisotopic (exact) mass is 607 g/mol. The van der Waals surface area contributed by atoms with Gasteiger partial charge in [-0.1, -0.05) is 30.3 Å². The first-order valence-electron chi connectivity index (χ1n) is 14.6. The fraction of sp³-hybridized carbons (Fsp3) is 0.273. The average molecular weight is 608 g/mol. The largest absolute Gasteiger partial charge is 0.394 e. The number of nitrogens with zero attached hydrogens (tertiary/aromatic N) is 5. The number of amides is 1. The Morgan fingerprint density at radius 3 is 2.53 bits per heavy atom. The van der Waals surface area contributed by atoms with Crippen LogP contribution in [0.5, 0.6) is 0 Å². The second-order valence-corrected chi connectivity index (χ2v) is 11.8. The van der Waals surface area contributed by atoms with Gasteiger partial charge in [-0.2, -0.15) is 0 Å². The van der Waals surface area contributed by atoms with Gasteiger partial charge in [0.05, 0.1) is 30.2 Å². The van der Waals surface area contributed by atoms with Gasteiger partial charge in [-0.15, -0.1) is 0 Å². The average Bonchev–Trinajstić information content (AvgIpc) is 3.37. The summed E-state index contributed by atoms with van der Waals surface area (Å²) in [4.78, 5) is 53.2. The molecule has 6 rings (SSSR count). The van der Waals surface area contributed by atoms with Gasteiger partial charge in [-0.3, -0.25) is 14.4 Å². The lowest BCUT2D eigenvalue weighted by Crippen LogP contribution is -2.38. The number of pyridine rings is 2. The van der Waals surface area contributed by atoms with Crippen molar-refractivity contribution in [1.82, 2.24) is 24.1 Å². The number of carbonyl (C=O) groups excluding carboxylic acids is 2. The fourth-order valence-corrected chi connectivity index (χ4v) is 5.94. The van der Waals surface area contributed by atoms with Gasteiger partial charge >= 0.3 is 0 Å². The number of nitrogens with one attached hydrogen (secondary N) is 1. The van der Waals surface area contributed by atoms with Crippen LogP contribution in [-0.4, -0.2) is 58.2 Å². The van der Waals surface area contributed by atoms with Crippen molar-refractivity contribution in [2.75, 3.05) is 17.7 Å². The number of hydrogen-bond donors (Lipinski definition) is 4. The van der Waals surface area contributed by atoms with Crippen LogP contribution in [0.25, 0.3) is 22.2 Å². The molecular formula is C33H33N7O5. The van der Waals surface area contributed by atoms with Crippen LogP contribution in [0.3, 0.4) is 0 Å². The molecule has 12 nitrogen and oxygen atoms in total. The van der Waals surface area contributed by atoms with E-state index < -0.39 is 23.1 Å². The minimum Gasteiger partial charge on any atom is -0.394 e. The summed E-state index contributed by atoms with van der Waals surface area (Å²) < 4.78 is 3.19. The lowest BCUT2D eigenvalue weighted by molar-refractivity contribution is 0.0627. The maximum atomic E-state index is 13.9. The van der Waals surface area contributed by atoms with E-state index in [1.54, 1.807) is 61.0 Å². The molecule has 1 amide bonds. The minimum absolute atomic E-state index is 0.154. The van der Waals surface area contributed by atoms with E-state index in [9.17, 15) is 24.6 Å². The van der Waals surface area contributed by atoms with Crippen molar-refractivity contribution in [2.24, 2.45) is 0 Å². The number of Topliss-reactive ketones (excluding diaryl/α,β-unsaturated/α-hetero) is 1. The summed E-state index contributed by atoms with van der Waals surface area (Å²) in [7, 11) is 0. The molecule has 1 atom stereocenters. The van der Waals surface area contributed by atoms with Gasteiger partial charge in [-0.05, 0) is 50.5 Å². The first-order valence-corrected chi connectivity index (χ1v) is 14.6. The number of benzene rings is 1. The number of rotatable bonds is 8. The van der Waals surface area contributed by atoms with Gasteiger partial charge in [0.2, 0.25) is 0 Å². The molecule has 4 heterocycles. The van der Waals surface area contributed by atoms with E-state index in [1.165, 1.54) is 17.0 Å². The Morgan fingerprint density at radius 1 is 1.07 bits per heavy atom.